The second-order valence-electron chi connectivity index (χ2n) is 5.91. The summed E-state index contributed by atoms with van der Waals surface area (Å²) >= 11 is 0. The molecule has 0 aliphatic carbocycles. The van der Waals surface area contributed by atoms with Crippen LogP contribution < -0.4 is 10.6 Å². The van der Waals surface area contributed by atoms with Crippen molar-refractivity contribution in [2.75, 3.05) is 26.0 Å². The molecule has 6 heteroatoms. The van der Waals surface area contributed by atoms with Gasteiger partial charge in [-0.05, 0) is 57.3 Å². The Kier molecular flexibility index (Phi) is 5.76. The summed E-state index contributed by atoms with van der Waals surface area (Å²) in [6.07, 6.45) is 1.58. The number of nitrogens with zero attached hydrogens (tertiary/aromatic N) is 1. The molecule has 0 bridgehead atoms. The van der Waals surface area contributed by atoms with Gasteiger partial charge in [-0.15, -0.1) is 0 Å². The van der Waals surface area contributed by atoms with Crippen LogP contribution in [0.4, 0.5) is 5.69 Å². The lowest BCUT2D eigenvalue weighted by molar-refractivity contribution is -0.136. The summed E-state index contributed by atoms with van der Waals surface area (Å²) in [7, 11) is 3.77. The van der Waals surface area contributed by atoms with Crippen LogP contribution in [0.5, 0.6) is 0 Å². The van der Waals surface area contributed by atoms with Gasteiger partial charge in [-0.1, -0.05) is 12.1 Å². The number of rotatable bonds is 5. The monoisotopic (exact) mass is 329 g/mol. The molecule has 0 unspecified atom stereocenters. The second kappa shape index (κ2) is 7.79. The fraction of sp³-hybridized carbons (Fsp3) is 0.333. The fourth-order valence-corrected chi connectivity index (χ4v) is 2.35. The first-order valence-electron chi connectivity index (χ1n) is 7.75. The molecule has 2 rings (SSSR count). The van der Waals surface area contributed by atoms with Gasteiger partial charge in [0.2, 0.25) is 0 Å². The van der Waals surface area contributed by atoms with Gasteiger partial charge in [-0.2, -0.15) is 0 Å². The Bertz CT molecular complexity index is 708. The highest BCUT2D eigenvalue weighted by Crippen LogP contribution is 2.19. The molecule has 2 aromatic rings. The first kappa shape index (κ1) is 17.7. The van der Waals surface area contributed by atoms with Crippen LogP contribution in [-0.4, -0.2) is 37.4 Å². The molecule has 1 heterocycles. The summed E-state index contributed by atoms with van der Waals surface area (Å²) < 4.78 is 5.38. The number of amides is 2. The van der Waals surface area contributed by atoms with Crippen LogP contribution in [0.2, 0.25) is 0 Å². The third-order valence-electron chi connectivity index (χ3n) is 4.01. The van der Waals surface area contributed by atoms with Crippen LogP contribution in [0.15, 0.2) is 41.0 Å². The number of hydrogen-bond acceptors (Lipinski definition) is 4. The van der Waals surface area contributed by atoms with Crippen LogP contribution in [0, 0.1) is 13.8 Å². The number of carbonyl (C=O) groups is 2. The maximum absolute atomic E-state index is 12.1. The number of nitrogens with one attached hydrogen (secondary N) is 2. The van der Waals surface area contributed by atoms with Crippen molar-refractivity contribution in [3.05, 3.63) is 53.5 Å². The van der Waals surface area contributed by atoms with Crippen molar-refractivity contribution in [3.8, 4) is 0 Å². The zero-order valence-electron chi connectivity index (χ0n) is 14.4. The Hall–Kier alpha value is -2.60. The van der Waals surface area contributed by atoms with E-state index in [2.05, 4.69) is 10.6 Å². The number of aryl methyl sites for hydroxylation is 1. The molecule has 24 heavy (non-hydrogen) atoms. The fourth-order valence-electron chi connectivity index (χ4n) is 2.35. The standard InChI is InChI=1S/C18H23N3O3/c1-12-7-5-8-14(13(12)2)20-18(23)17(22)19-11-15(21(3)4)16-9-6-10-24-16/h5-10,15H,11H2,1-4H3,(H,19,22)(H,20,23)/t15-/m0/s1. The Morgan fingerprint density at radius 1 is 1.12 bits per heavy atom. The summed E-state index contributed by atoms with van der Waals surface area (Å²) in [5.74, 6) is -0.620. The molecule has 1 atom stereocenters. The maximum Gasteiger partial charge on any atom is 0.313 e. The van der Waals surface area contributed by atoms with E-state index in [4.69, 9.17) is 4.42 Å². The van der Waals surface area contributed by atoms with Crippen molar-refractivity contribution in [1.82, 2.24) is 10.2 Å². The topological polar surface area (TPSA) is 74.6 Å². The van der Waals surface area contributed by atoms with E-state index in [1.165, 1.54) is 0 Å². The molecular weight excluding hydrogens is 306 g/mol. The molecular formula is C18H23N3O3. The van der Waals surface area contributed by atoms with Gasteiger partial charge >= 0.3 is 11.8 Å². The van der Waals surface area contributed by atoms with Crippen molar-refractivity contribution < 1.29 is 14.0 Å². The molecule has 128 valence electrons. The molecule has 6 nitrogen and oxygen atoms in total. The maximum atomic E-state index is 12.1. The highest BCUT2D eigenvalue weighted by molar-refractivity contribution is 6.39. The van der Waals surface area contributed by atoms with Crippen molar-refractivity contribution in [1.29, 1.82) is 0 Å². The zero-order chi connectivity index (χ0) is 17.7. The molecule has 0 aliphatic heterocycles. The molecule has 0 saturated carbocycles. The van der Waals surface area contributed by atoms with Crippen LogP contribution in [-0.2, 0) is 9.59 Å². The minimum absolute atomic E-state index is 0.141. The van der Waals surface area contributed by atoms with E-state index in [1.54, 1.807) is 18.4 Å². The first-order chi connectivity index (χ1) is 11.4. The SMILES string of the molecule is Cc1cccc(NC(=O)C(=O)NC[C@@H](c2ccco2)N(C)C)c1C. The van der Waals surface area contributed by atoms with Crippen LogP contribution in [0.25, 0.3) is 0 Å². The minimum Gasteiger partial charge on any atom is -0.468 e. The summed E-state index contributed by atoms with van der Waals surface area (Å²) in [6, 6.07) is 9.06. The van der Waals surface area contributed by atoms with Gasteiger partial charge in [0, 0.05) is 12.2 Å². The van der Waals surface area contributed by atoms with Gasteiger partial charge in [0.05, 0.1) is 12.3 Å². The molecule has 1 aromatic heterocycles. The van der Waals surface area contributed by atoms with Gasteiger partial charge in [-0.25, -0.2) is 0 Å². The Balaban J connectivity index is 1.96. The second-order valence-corrected chi connectivity index (χ2v) is 5.91. The predicted molar refractivity (Wildman–Crippen MR) is 92.7 cm³/mol. The molecule has 0 spiro atoms. The van der Waals surface area contributed by atoms with Crippen LogP contribution >= 0.6 is 0 Å². The molecule has 0 fully saturated rings. The van der Waals surface area contributed by atoms with E-state index in [0.717, 1.165) is 16.9 Å². The van der Waals surface area contributed by atoms with E-state index >= 15 is 0 Å². The van der Waals surface area contributed by atoms with Crippen molar-refractivity contribution in [2.24, 2.45) is 0 Å². The molecule has 2 N–H and O–H groups in total. The van der Waals surface area contributed by atoms with Gasteiger partial charge in [0.15, 0.2) is 0 Å². The smallest absolute Gasteiger partial charge is 0.313 e. The zero-order valence-corrected chi connectivity index (χ0v) is 14.4. The van der Waals surface area contributed by atoms with E-state index < -0.39 is 11.8 Å². The Morgan fingerprint density at radius 3 is 2.50 bits per heavy atom. The Morgan fingerprint density at radius 2 is 1.88 bits per heavy atom. The Labute approximate surface area is 141 Å². The summed E-state index contributed by atoms with van der Waals surface area (Å²) in [4.78, 5) is 26.1. The van der Waals surface area contributed by atoms with Crippen molar-refractivity contribution in [2.45, 2.75) is 19.9 Å². The van der Waals surface area contributed by atoms with E-state index in [0.29, 0.717) is 5.69 Å². The average Bonchev–Trinajstić information content (AvgIpc) is 3.05. The lowest BCUT2D eigenvalue weighted by Gasteiger charge is -2.22. The van der Waals surface area contributed by atoms with Gasteiger partial charge in [0.25, 0.3) is 0 Å². The number of likely N-dealkylation sites (N-methyl/N-ethyl adjacent to an activating group) is 1. The number of hydrogen-bond donors (Lipinski definition) is 2. The predicted octanol–water partition coefficient (Wildman–Crippen LogP) is 2.25. The lowest BCUT2D eigenvalue weighted by Crippen LogP contribution is -2.40. The van der Waals surface area contributed by atoms with Gasteiger partial charge in [0.1, 0.15) is 5.76 Å². The quantitative estimate of drug-likeness (QED) is 0.825. The molecule has 0 aliphatic rings. The molecule has 2 amide bonds. The number of furan rings is 1. The van der Waals surface area contributed by atoms with E-state index in [-0.39, 0.29) is 12.6 Å². The van der Waals surface area contributed by atoms with Gasteiger partial charge < -0.3 is 15.1 Å². The molecule has 1 aromatic carbocycles. The summed E-state index contributed by atoms with van der Waals surface area (Å²) in [5.41, 5.74) is 2.64. The first-order valence-corrected chi connectivity index (χ1v) is 7.75. The van der Waals surface area contributed by atoms with Crippen LogP contribution in [0.1, 0.15) is 22.9 Å². The average molecular weight is 329 g/mol. The van der Waals surface area contributed by atoms with E-state index in [1.807, 2.05) is 51.0 Å². The highest BCUT2D eigenvalue weighted by atomic mass is 16.3. The third kappa shape index (κ3) is 4.23. The normalized spacial score (nSPS) is 12.0. The number of carbonyl (C=O) groups excluding carboxylic acids is 2. The number of anilines is 1. The van der Waals surface area contributed by atoms with Gasteiger partial charge in [-0.3, -0.25) is 14.5 Å². The highest BCUT2D eigenvalue weighted by Gasteiger charge is 2.21. The van der Waals surface area contributed by atoms with Crippen molar-refractivity contribution >= 4 is 17.5 Å². The summed E-state index contributed by atoms with van der Waals surface area (Å²) in [5, 5.41) is 5.30. The third-order valence-corrected chi connectivity index (χ3v) is 4.01. The number of benzene rings is 1. The minimum atomic E-state index is -0.680. The molecule has 0 radical (unpaired) electrons. The largest absolute Gasteiger partial charge is 0.468 e. The van der Waals surface area contributed by atoms with Crippen molar-refractivity contribution in [3.63, 3.8) is 0 Å². The molecule has 0 saturated heterocycles. The van der Waals surface area contributed by atoms with E-state index in [9.17, 15) is 9.59 Å². The summed E-state index contributed by atoms with van der Waals surface area (Å²) in [6.45, 7) is 4.14. The lowest BCUT2D eigenvalue weighted by atomic mass is 10.1. The van der Waals surface area contributed by atoms with Crippen LogP contribution in [0.3, 0.4) is 0 Å².